The third-order valence-corrected chi connectivity index (χ3v) is 6.48. The zero-order valence-electron chi connectivity index (χ0n) is 15.1. The van der Waals surface area contributed by atoms with Crippen LogP contribution >= 0.6 is 0 Å². The number of halogens is 1. The van der Waals surface area contributed by atoms with Crippen LogP contribution in [0.1, 0.15) is 23.1 Å². The molecular weight excluding hydrogens is 365 g/mol. The second-order valence-corrected chi connectivity index (χ2v) is 9.09. The first-order valence-electron chi connectivity index (χ1n) is 8.83. The lowest BCUT2D eigenvalue weighted by atomic mass is 10.1. The number of amides is 1. The van der Waals surface area contributed by atoms with E-state index in [1.54, 1.807) is 24.3 Å². The molecule has 1 fully saturated rings. The first-order valence-corrected chi connectivity index (χ1v) is 10.7. The van der Waals surface area contributed by atoms with Crippen LogP contribution in [0.3, 0.4) is 0 Å². The second kappa shape index (κ2) is 8.05. The molecule has 2 aromatic carbocycles. The molecule has 0 spiro atoms. The van der Waals surface area contributed by atoms with E-state index in [1.165, 1.54) is 17.0 Å². The largest absolute Gasteiger partial charge is 0.331 e. The number of carbonyl (C=O) groups is 1. The van der Waals surface area contributed by atoms with Crippen molar-refractivity contribution in [2.45, 2.75) is 25.9 Å². The third kappa shape index (κ3) is 5.04. The van der Waals surface area contributed by atoms with E-state index < -0.39 is 21.7 Å². The minimum absolute atomic E-state index is 0.0456. The highest BCUT2D eigenvalue weighted by molar-refractivity contribution is 7.91. The third-order valence-electron chi connectivity index (χ3n) is 4.73. The highest BCUT2D eigenvalue weighted by Crippen LogP contribution is 2.22. The molecule has 6 heteroatoms. The molecule has 0 bridgehead atoms. The summed E-state index contributed by atoms with van der Waals surface area (Å²) < 4.78 is 37.8. The zero-order valence-corrected chi connectivity index (χ0v) is 16.0. The number of aryl methyl sites for hydroxylation is 1. The van der Waals surface area contributed by atoms with E-state index in [0.717, 1.165) is 11.1 Å². The molecule has 1 amide bonds. The van der Waals surface area contributed by atoms with Gasteiger partial charge < -0.3 is 4.90 Å². The maximum Gasteiger partial charge on any atom is 0.247 e. The molecule has 0 N–H and O–H groups in total. The Morgan fingerprint density at radius 1 is 1.19 bits per heavy atom. The minimum atomic E-state index is -3.16. The molecule has 1 atom stereocenters. The van der Waals surface area contributed by atoms with Crippen molar-refractivity contribution in [2.24, 2.45) is 0 Å². The maximum absolute atomic E-state index is 14.1. The summed E-state index contributed by atoms with van der Waals surface area (Å²) in [5.41, 5.74) is 2.37. The van der Waals surface area contributed by atoms with Crippen LogP contribution in [0.15, 0.2) is 54.6 Å². The number of nitrogens with zero attached hydrogens (tertiary/aromatic N) is 1. The molecule has 1 aliphatic heterocycles. The van der Waals surface area contributed by atoms with Gasteiger partial charge in [0.05, 0.1) is 11.5 Å². The summed E-state index contributed by atoms with van der Waals surface area (Å²) in [6.07, 6.45) is 3.50. The van der Waals surface area contributed by atoms with E-state index in [9.17, 15) is 17.6 Å². The van der Waals surface area contributed by atoms with Gasteiger partial charge in [-0.3, -0.25) is 4.79 Å². The normalized spacial score (nSPS) is 18.7. The number of sulfone groups is 1. The predicted octanol–water partition coefficient (Wildman–Crippen LogP) is 3.36. The van der Waals surface area contributed by atoms with Crippen molar-refractivity contribution >= 4 is 21.8 Å². The van der Waals surface area contributed by atoms with Crippen LogP contribution in [0.5, 0.6) is 0 Å². The van der Waals surface area contributed by atoms with Crippen molar-refractivity contribution in [3.05, 3.63) is 77.1 Å². The maximum atomic E-state index is 14.1. The van der Waals surface area contributed by atoms with Crippen LogP contribution in [0.25, 0.3) is 6.08 Å². The van der Waals surface area contributed by atoms with Gasteiger partial charge >= 0.3 is 0 Å². The van der Waals surface area contributed by atoms with Crippen LogP contribution < -0.4 is 0 Å². The van der Waals surface area contributed by atoms with Gasteiger partial charge in [0.25, 0.3) is 0 Å². The lowest BCUT2D eigenvalue weighted by molar-refractivity contribution is -0.128. The van der Waals surface area contributed by atoms with Gasteiger partial charge in [-0.25, -0.2) is 12.8 Å². The van der Waals surface area contributed by atoms with Gasteiger partial charge in [-0.1, -0.05) is 48.0 Å². The highest BCUT2D eigenvalue weighted by Gasteiger charge is 2.34. The number of hydrogen-bond acceptors (Lipinski definition) is 3. The molecule has 1 unspecified atom stereocenters. The van der Waals surface area contributed by atoms with Crippen LogP contribution in [0.2, 0.25) is 0 Å². The molecule has 4 nitrogen and oxygen atoms in total. The smallest absolute Gasteiger partial charge is 0.247 e. The lowest BCUT2D eigenvalue weighted by Crippen LogP contribution is -2.39. The fraction of sp³-hybridized carbons (Fsp3) is 0.286. The van der Waals surface area contributed by atoms with E-state index in [4.69, 9.17) is 0 Å². The van der Waals surface area contributed by atoms with Gasteiger partial charge in [-0.15, -0.1) is 0 Å². The quantitative estimate of drug-likeness (QED) is 0.739. The van der Waals surface area contributed by atoms with Crippen molar-refractivity contribution in [3.8, 4) is 0 Å². The monoisotopic (exact) mass is 387 g/mol. The number of rotatable bonds is 5. The van der Waals surface area contributed by atoms with Gasteiger partial charge in [0.15, 0.2) is 9.84 Å². The first-order chi connectivity index (χ1) is 12.8. The van der Waals surface area contributed by atoms with Crippen molar-refractivity contribution in [1.29, 1.82) is 0 Å². The molecule has 0 aliphatic carbocycles. The molecule has 1 saturated heterocycles. The molecule has 1 heterocycles. The van der Waals surface area contributed by atoms with Crippen LogP contribution in [-0.2, 0) is 21.2 Å². The zero-order chi connectivity index (χ0) is 19.4. The summed E-state index contributed by atoms with van der Waals surface area (Å²) in [5.74, 6) is -0.744. The van der Waals surface area contributed by atoms with Crippen LogP contribution in [0.4, 0.5) is 4.39 Å². The van der Waals surface area contributed by atoms with E-state index in [1.807, 2.05) is 31.2 Å². The average Bonchev–Trinajstić information content (AvgIpc) is 3.00. The summed E-state index contributed by atoms with van der Waals surface area (Å²) >= 11 is 0. The Morgan fingerprint density at radius 3 is 2.52 bits per heavy atom. The van der Waals surface area contributed by atoms with Gasteiger partial charge in [-0.2, -0.15) is 0 Å². The Bertz CT molecular complexity index is 952. The summed E-state index contributed by atoms with van der Waals surface area (Å²) in [6, 6.07) is 13.5. The standard InChI is InChI=1S/C21H22FNO3S/c1-16-6-8-17(9-7-16)10-11-21(24)23(19-12-13-27(25,26)15-19)14-18-4-2-3-5-20(18)22/h2-11,19H,12-15H2,1H3. The van der Waals surface area contributed by atoms with E-state index in [-0.39, 0.29) is 24.0 Å². The van der Waals surface area contributed by atoms with Gasteiger partial charge in [0.1, 0.15) is 5.82 Å². The summed E-state index contributed by atoms with van der Waals surface area (Å²) in [5, 5.41) is 0. The molecule has 3 rings (SSSR count). The Kier molecular flexibility index (Phi) is 5.75. The van der Waals surface area contributed by atoms with Crippen LogP contribution in [-0.4, -0.2) is 36.8 Å². The average molecular weight is 387 g/mol. The fourth-order valence-corrected chi connectivity index (χ4v) is 4.89. The summed E-state index contributed by atoms with van der Waals surface area (Å²) in [4.78, 5) is 14.3. The van der Waals surface area contributed by atoms with E-state index in [0.29, 0.717) is 12.0 Å². The fourth-order valence-electron chi connectivity index (χ4n) is 3.16. The number of carbonyl (C=O) groups excluding carboxylic acids is 1. The Hall–Kier alpha value is -2.47. The molecule has 142 valence electrons. The Labute approximate surface area is 159 Å². The van der Waals surface area contributed by atoms with Crippen LogP contribution in [0, 0.1) is 12.7 Å². The molecule has 0 aromatic heterocycles. The molecule has 0 saturated carbocycles. The molecular formula is C21H22FNO3S. The van der Waals surface area contributed by atoms with Crippen molar-refractivity contribution in [3.63, 3.8) is 0 Å². The predicted molar refractivity (Wildman–Crippen MR) is 104 cm³/mol. The SMILES string of the molecule is Cc1ccc(C=CC(=O)N(Cc2ccccc2F)C2CCS(=O)(=O)C2)cc1. The Balaban J connectivity index is 1.83. The van der Waals surface area contributed by atoms with Crippen molar-refractivity contribution in [2.75, 3.05) is 11.5 Å². The van der Waals surface area contributed by atoms with E-state index >= 15 is 0 Å². The van der Waals surface area contributed by atoms with E-state index in [2.05, 4.69) is 0 Å². The topological polar surface area (TPSA) is 54.5 Å². The number of benzene rings is 2. The number of hydrogen-bond donors (Lipinski definition) is 0. The first kappa shape index (κ1) is 19.3. The van der Waals surface area contributed by atoms with Crippen molar-refractivity contribution in [1.82, 2.24) is 4.90 Å². The van der Waals surface area contributed by atoms with Gasteiger partial charge in [0.2, 0.25) is 5.91 Å². The van der Waals surface area contributed by atoms with Gasteiger partial charge in [0, 0.05) is 24.2 Å². The molecule has 1 aliphatic rings. The van der Waals surface area contributed by atoms with Crippen molar-refractivity contribution < 1.29 is 17.6 Å². The van der Waals surface area contributed by atoms with Gasteiger partial charge in [-0.05, 0) is 31.1 Å². The summed E-state index contributed by atoms with van der Waals surface area (Å²) in [7, 11) is -3.16. The Morgan fingerprint density at radius 2 is 1.89 bits per heavy atom. The molecule has 2 aromatic rings. The molecule has 27 heavy (non-hydrogen) atoms. The molecule has 0 radical (unpaired) electrons. The minimum Gasteiger partial charge on any atom is -0.331 e. The lowest BCUT2D eigenvalue weighted by Gasteiger charge is -2.27. The second-order valence-electron chi connectivity index (χ2n) is 6.86. The highest BCUT2D eigenvalue weighted by atomic mass is 32.2. The summed E-state index contributed by atoms with van der Waals surface area (Å²) in [6.45, 7) is 2.03.